The molecule has 0 fully saturated rings. The smallest absolute Gasteiger partial charge is 0.338 e. The lowest BCUT2D eigenvalue weighted by Crippen LogP contribution is -2.39. The average molecular weight is 455 g/mol. The highest BCUT2D eigenvalue weighted by Crippen LogP contribution is 2.31. The van der Waals surface area contributed by atoms with Crippen molar-refractivity contribution >= 4 is 35.0 Å². The Balaban J connectivity index is 1.96. The number of carbonyl (C=O) groups is 1. The molecule has 2 aromatic carbocycles. The molecule has 0 saturated heterocycles. The van der Waals surface area contributed by atoms with E-state index in [4.69, 9.17) is 21.1 Å². The second-order valence-electron chi connectivity index (χ2n) is 6.90. The van der Waals surface area contributed by atoms with Gasteiger partial charge in [0.15, 0.2) is 4.80 Å². The Hall–Kier alpha value is -3.16. The fraction of sp³-hybridized carbons (Fsp3) is 0.174. The fourth-order valence-corrected chi connectivity index (χ4v) is 4.79. The van der Waals surface area contributed by atoms with E-state index in [0.29, 0.717) is 31.4 Å². The van der Waals surface area contributed by atoms with E-state index in [9.17, 15) is 9.59 Å². The van der Waals surface area contributed by atoms with Gasteiger partial charge >= 0.3 is 5.97 Å². The van der Waals surface area contributed by atoms with Gasteiger partial charge in [-0.3, -0.25) is 9.36 Å². The molecule has 1 aromatic heterocycles. The molecule has 31 heavy (non-hydrogen) atoms. The van der Waals surface area contributed by atoms with Gasteiger partial charge in [0.05, 0.1) is 36.1 Å². The second-order valence-corrected chi connectivity index (χ2v) is 8.35. The summed E-state index contributed by atoms with van der Waals surface area (Å²) in [4.78, 5) is 31.1. The van der Waals surface area contributed by atoms with E-state index in [1.807, 2.05) is 24.3 Å². The van der Waals surface area contributed by atoms with Gasteiger partial charge in [-0.1, -0.05) is 47.2 Å². The number of thiazole rings is 1. The topological polar surface area (TPSA) is 69.9 Å². The summed E-state index contributed by atoms with van der Waals surface area (Å²) in [6, 6.07) is 13.8. The molecule has 1 unspecified atom stereocenters. The minimum Gasteiger partial charge on any atom is -0.497 e. The summed E-state index contributed by atoms with van der Waals surface area (Å²) >= 11 is 7.35. The van der Waals surface area contributed by atoms with Crippen molar-refractivity contribution in [1.29, 1.82) is 0 Å². The fourth-order valence-electron chi connectivity index (χ4n) is 3.54. The zero-order valence-corrected chi connectivity index (χ0v) is 18.7. The van der Waals surface area contributed by atoms with Gasteiger partial charge in [-0.05, 0) is 48.4 Å². The van der Waals surface area contributed by atoms with E-state index < -0.39 is 12.0 Å². The van der Waals surface area contributed by atoms with Crippen molar-refractivity contribution < 1.29 is 14.3 Å². The highest BCUT2D eigenvalue weighted by molar-refractivity contribution is 7.07. The molecule has 1 aliphatic heterocycles. The van der Waals surface area contributed by atoms with Crippen LogP contribution >= 0.6 is 22.9 Å². The van der Waals surface area contributed by atoms with Gasteiger partial charge in [0.2, 0.25) is 0 Å². The second kappa shape index (κ2) is 8.53. The summed E-state index contributed by atoms with van der Waals surface area (Å²) in [5, 5.41) is 0.585. The quantitative estimate of drug-likeness (QED) is 0.568. The zero-order valence-electron chi connectivity index (χ0n) is 17.1. The van der Waals surface area contributed by atoms with Crippen molar-refractivity contribution in [2.24, 2.45) is 4.99 Å². The average Bonchev–Trinajstić information content (AvgIpc) is 3.07. The van der Waals surface area contributed by atoms with Crippen LogP contribution in [-0.4, -0.2) is 24.8 Å². The summed E-state index contributed by atoms with van der Waals surface area (Å²) in [6.45, 7) is 1.75. The van der Waals surface area contributed by atoms with Crippen molar-refractivity contribution in [1.82, 2.24) is 4.57 Å². The van der Waals surface area contributed by atoms with E-state index in [-0.39, 0.29) is 5.56 Å². The third kappa shape index (κ3) is 3.94. The molecule has 8 heteroatoms. The maximum Gasteiger partial charge on any atom is 0.338 e. The van der Waals surface area contributed by atoms with Crippen molar-refractivity contribution in [3.63, 3.8) is 0 Å². The molecule has 0 radical (unpaired) electrons. The van der Waals surface area contributed by atoms with E-state index >= 15 is 0 Å². The van der Waals surface area contributed by atoms with Crippen LogP contribution in [0.1, 0.15) is 24.1 Å². The minimum atomic E-state index is -0.656. The molecule has 0 aliphatic carbocycles. The number of aromatic nitrogens is 1. The molecule has 0 amide bonds. The number of methoxy groups -OCH3 is 2. The number of carbonyl (C=O) groups excluding carboxylic acids is 1. The maximum absolute atomic E-state index is 13.4. The lowest BCUT2D eigenvalue weighted by Gasteiger charge is -2.24. The predicted molar refractivity (Wildman–Crippen MR) is 120 cm³/mol. The van der Waals surface area contributed by atoms with Crippen molar-refractivity contribution in [3.05, 3.63) is 95.6 Å². The number of nitrogens with zero attached hydrogens (tertiary/aromatic N) is 2. The standard InChI is InChI=1S/C23H19ClN2O4S/c1-13-19(22(28)30-3)20(15-7-9-17(29-2)10-8-15)26-21(27)18(31-23(26)25-13)12-14-5-4-6-16(24)11-14/h4-12,20H,1-3H3/b18-12+. The van der Waals surface area contributed by atoms with Crippen LogP contribution in [0.3, 0.4) is 0 Å². The summed E-state index contributed by atoms with van der Waals surface area (Å²) in [5.74, 6) is 0.156. The molecule has 2 heterocycles. The van der Waals surface area contributed by atoms with Crippen LogP contribution in [0.4, 0.5) is 0 Å². The summed E-state index contributed by atoms with van der Waals surface area (Å²) in [6.07, 6.45) is 1.78. The molecule has 3 aromatic rings. The van der Waals surface area contributed by atoms with E-state index in [2.05, 4.69) is 4.99 Å². The Kier molecular flexibility index (Phi) is 5.80. The molecule has 158 valence electrons. The highest BCUT2D eigenvalue weighted by Gasteiger charge is 2.33. The normalized spacial score (nSPS) is 16.0. The van der Waals surface area contributed by atoms with Gasteiger partial charge in [-0.15, -0.1) is 0 Å². The third-order valence-corrected chi connectivity index (χ3v) is 6.22. The molecule has 0 bridgehead atoms. The number of ether oxygens (including phenoxy) is 2. The molecule has 4 rings (SSSR count). The van der Waals surface area contributed by atoms with Crippen LogP contribution in [0.15, 0.2) is 69.6 Å². The molecular weight excluding hydrogens is 436 g/mol. The number of allylic oxidation sites excluding steroid dienone is 1. The highest BCUT2D eigenvalue weighted by atomic mass is 35.5. The summed E-state index contributed by atoms with van der Waals surface area (Å²) < 4.78 is 12.3. The van der Waals surface area contributed by atoms with Crippen LogP contribution in [-0.2, 0) is 9.53 Å². The number of fused-ring (bicyclic) bond motifs is 1. The number of halogens is 1. The first-order valence-electron chi connectivity index (χ1n) is 9.43. The number of hydrogen-bond donors (Lipinski definition) is 0. The lowest BCUT2D eigenvalue weighted by molar-refractivity contribution is -0.136. The minimum absolute atomic E-state index is 0.238. The Morgan fingerprint density at radius 1 is 1.19 bits per heavy atom. The summed E-state index contributed by atoms with van der Waals surface area (Å²) in [7, 11) is 2.90. The van der Waals surface area contributed by atoms with Gasteiger partial charge in [-0.25, -0.2) is 9.79 Å². The Morgan fingerprint density at radius 3 is 2.58 bits per heavy atom. The first-order chi connectivity index (χ1) is 14.9. The van der Waals surface area contributed by atoms with Gasteiger partial charge in [-0.2, -0.15) is 0 Å². The third-order valence-electron chi connectivity index (χ3n) is 5.00. The van der Waals surface area contributed by atoms with Gasteiger partial charge in [0.25, 0.3) is 5.56 Å². The van der Waals surface area contributed by atoms with Crippen LogP contribution in [0.25, 0.3) is 6.08 Å². The molecule has 0 saturated carbocycles. The monoisotopic (exact) mass is 454 g/mol. The van der Waals surface area contributed by atoms with Crippen LogP contribution < -0.4 is 19.6 Å². The van der Waals surface area contributed by atoms with E-state index in [1.54, 1.807) is 48.9 Å². The first kappa shape index (κ1) is 21.1. The number of benzene rings is 2. The molecule has 6 nitrogen and oxygen atoms in total. The Labute approximate surface area is 187 Å². The SMILES string of the molecule is COC(=O)C1=C(C)N=c2s/c(=C/c3cccc(Cl)c3)c(=O)n2C1c1ccc(OC)cc1. The Bertz CT molecular complexity index is 1370. The number of rotatable bonds is 4. The van der Waals surface area contributed by atoms with Crippen molar-refractivity contribution in [3.8, 4) is 5.75 Å². The number of hydrogen-bond acceptors (Lipinski definition) is 6. The number of esters is 1. The first-order valence-corrected chi connectivity index (χ1v) is 10.6. The van der Waals surface area contributed by atoms with Gasteiger partial charge in [0, 0.05) is 5.02 Å². The van der Waals surface area contributed by atoms with Gasteiger partial charge < -0.3 is 9.47 Å². The van der Waals surface area contributed by atoms with Gasteiger partial charge in [0.1, 0.15) is 5.75 Å². The molecule has 0 N–H and O–H groups in total. The molecule has 1 aliphatic rings. The maximum atomic E-state index is 13.4. The van der Waals surface area contributed by atoms with Crippen LogP contribution in [0.2, 0.25) is 5.02 Å². The lowest BCUT2D eigenvalue weighted by atomic mass is 9.96. The molecule has 1 atom stereocenters. The predicted octanol–water partition coefficient (Wildman–Crippen LogP) is 3.07. The van der Waals surface area contributed by atoms with Crippen LogP contribution in [0, 0.1) is 0 Å². The largest absolute Gasteiger partial charge is 0.497 e. The molecule has 0 spiro atoms. The zero-order chi connectivity index (χ0) is 22.1. The van der Waals surface area contributed by atoms with Crippen LogP contribution in [0.5, 0.6) is 5.75 Å². The van der Waals surface area contributed by atoms with Crippen molar-refractivity contribution in [2.45, 2.75) is 13.0 Å². The molecular formula is C23H19ClN2O4S. The van der Waals surface area contributed by atoms with E-state index in [0.717, 1.165) is 11.1 Å². The Morgan fingerprint density at radius 2 is 1.94 bits per heavy atom. The van der Waals surface area contributed by atoms with Crippen molar-refractivity contribution in [2.75, 3.05) is 14.2 Å². The summed E-state index contributed by atoms with van der Waals surface area (Å²) in [5.41, 5.74) is 2.17. The van der Waals surface area contributed by atoms with E-state index in [1.165, 1.54) is 18.4 Å².